The summed E-state index contributed by atoms with van der Waals surface area (Å²) in [4.78, 5) is 22.5. The molecule has 0 saturated carbocycles. The number of carbonyl (C=O) groups excluding carboxylic acids is 1. The number of amides is 1. The summed E-state index contributed by atoms with van der Waals surface area (Å²) in [6.07, 6.45) is 1.51. The number of nitrogens with zero attached hydrogens (tertiary/aromatic N) is 5. The number of rotatable bonds is 6. The number of anilines is 1. The Hall–Kier alpha value is -2.33. The third kappa shape index (κ3) is 4.64. The second-order valence-corrected chi connectivity index (χ2v) is 7.51. The van der Waals surface area contributed by atoms with E-state index in [0.717, 1.165) is 4.68 Å². The van der Waals surface area contributed by atoms with Gasteiger partial charge in [0.2, 0.25) is 5.91 Å². The van der Waals surface area contributed by atoms with E-state index in [4.69, 9.17) is 46.4 Å². The van der Waals surface area contributed by atoms with Crippen molar-refractivity contribution in [1.82, 2.24) is 19.6 Å². The molecule has 0 aliphatic heterocycles. The molecule has 29 heavy (non-hydrogen) atoms. The van der Waals surface area contributed by atoms with Gasteiger partial charge in [-0.1, -0.05) is 52.5 Å². The Bertz CT molecular complexity index is 1090. The van der Waals surface area contributed by atoms with E-state index >= 15 is 0 Å². The standard InChI is InChI=1S/C16H12Cl4N6O3/c1-8-14(20)16(26(28)29)23-25(8)7-13(27)21-15-12(19)6-24(22-15)5-9-10(17)3-2-4-11(9)18/h2-4,6H,5,7H2,1H3,(H,21,22,27). The summed E-state index contributed by atoms with van der Waals surface area (Å²) in [5.41, 5.74) is 0.945. The zero-order chi connectivity index (χ0) is 21.3. The van der Waals surface area contributed by atoms with Gasteiger partial charge in [0.05, 0.1) is 17.3 Å². The summed E-state index contributed by atoms with van der Waals surface area (Å²) >= 11 is 24.3. The lowest BCUT2D eigenvalue weighted by molar-refractivity contribution is -0.389. The minimum Gasteiger partial charge on any atom is -0.358 e. The fourth-order valence-electron chi connectivity index (χ4n) is 2.49. The molecule has 3 rings (SSSR count). The number of nitro groups is 1. The zero-order valence-corrected chi connectivity index (χ0v) is 17.7. The van der Waals surface area contributed by atoms with Gasteiger partial charge in [0.25, 0.3) is 0 Å². The van der Waals surface area contributed by atoms with Gasteiger partial charge in [-0.25, -0.2) is 0 Å². The largest absolute Gasteiger partial charge is 0.408 e. The van der Waals surface area contributed by atoms with Gasteiger partial charge >= 0.3 is 5.82 Å². The molecule has 1 N–H and O–H groups in total. The van der Waals surface area contributed by atoms with Crippen molar-refractivity contribution >= 4 is 63.9 Å². The van der Waals surface area contributed by atoms with Crippen LogP contribution in [-0.4, -0.2) is 30.4 Å². The minimum absolute atomic E-state index is 0.116. The molecule has 0 spiro atoms. The molecule has 152 valence electrons. The Morgan fingerprint density at radius 1 is 1.17 bits per heavy atom. The smallest absolute Gasteiger partial charge is 0.358 e. The predicted molar refractivity (Wildman–Crippen MR) is 110 cm³/mol. The molecular weight excluding hydrogens is 466 g/mol. The molecule has 0 fully saturated rings. The molecule has 0 aliphatic rings. The molecule has 3 aromatic rings. The molecule has 0 aliphatic carbocycles. The van der Waals surface area contributed by atoms with Gasteiger partial charge in [-0.15, -0.1) is 0 Å². The van der Waals surface area contributed by atoms with Crippen molar-refractivity contribution in [1.29, 1.82) is 0 Å². The van der Waals surface area contributed by atoms with Gasteiger partial charge in [0.1, 0.15) is 11.6 Å². The van der Waals surface area contributed by atoms with Crippen LogP contribution in [-0.2, 0) is 17.9 Å². The number of halogens is 4. The van der Waals surface area contributed by atoms with Crippen molar-refractivity contribution in [2.24, 2.45) is 0 Å². The molecule has 9 nitrogen and oxygen atoms in total. The number of aromatic nitrogens is 4. The van der Waals surface area contributed by atoms with Crippen molar-refractivity contribution in [2.75, 3.05) is 5.32 Å². The van der Waals surface area contributed by atoms with Gasteiger partial charge in [0, 0.05) is 21.8 Å². The maximum absolute atomic E-state index is 12.3. The topological polar surface area (TPSA) is 108 Å². The lowest BCUT2D eigenvalue weighted by atomic mass is 10.2. The first-order valence-corrected chi connectivity index (χ1v) is 9.51. The summed E-state index contributed by atoms with van der Waals surface area (Å²) in [7, 11) is 0. The molecule has 2 aromatic heterocycles. The van der Waals surface area contributed by atoms with Crippen LogP contribution in [0.1, 0.15) is 11.3 Å². The van der Waals surface area contributed by atoms with Crippen LogP contribution in [0.4, 0.5) is 11.6 Å². The molecule has 0 saturated heterocycles. The molecule has 1 aromatic carbocycles. The van der Waals surface area contributed by atoms with Gasteiger partial charge in [-0.05, 0) is 24.0 Å². The highest BCUT2D eigenvalue weighted by Crippen LogP contribution is 2.28. The molecule has 0 unspecified atom stereocenters. The SMILES string of the molecule is Cc1c(Cl)c([N+](=O)[O-])nn1CC(=O)Nc1nn(Cc2c(Cl)cccc2Cl)cc1Cl. The second-order valence-electron chi connectivity index (χ2n) is 5.91. The Morgan fingerprint density at radius 2 is 1.83 bits per heavy atom. The summed E-state index contributed by atoms with van der Waals surface area (Å²) < 4.78 is 2.61. The predicted octanol–water partition coefficient (Wildman–Crippen LogP) is 4.60. The van der Waals surface area contributed by atoms with E-state index in [9.17, 15) is 14.9 Å². The molecule has 13 heteroatoms. The third-order valence-corrected chi connectivity index (χ3v) is 5.37. The number of hydrogen-bond donors (Lipinski definition) is 1. The lowest BCUT2D eigenvalue weighted by Gasteiger charge is -2.07. The second kappa shape index (κ2) is 8.58. The van der Waals surface area contributed by atoms with Crippen molar-refractivity contribution < 1.29 is 9.72 Å². The van der Waals surface area contributed by atoms with Gasteiger partial charge in [0.15, 0.2) is 10.8 Å². The molecular formula is C16H12Cl4N6O3. The maximum Gasteiger partial charge on any atom is 0.408 e. The van der Waals surface area contributed by atoms with Crippen LogP contribution < -0.4 is 5.32 Å². The highest BCUT2D eigenvalue weighted by atomic mass is 35.5. The lowest BCUT2D eigenvalue weighted by Crippen LogP contribution is -2.21. The van der Waals surface area contributed by atoms with Crippen LogP contribution in [0.25, 0.3) is 0 Å². The van der Waals surface area contributed by atoms with Crippen LogP contribution >= 0.6 is 46.4 Å². The first-order chi connectivity index (χ1) is 13.7. The fourth-order valence-corrected chi connectivity index (χ4v) is 3.41. The quantitative estimate of drug-likeness (QED) is 0.412. The molecule has 2 heterocycles. The van der Waals surface area contributed by atoms with Crippen LogP contribution in [0.3, 0.4) is 0 Å². The van der Waals surface area contributed by atoms with E-state index < -0.39 is 16.6 Å². The van der Waals surface area contributed by atoms with Gasteiger partial charge < -0.3 is 15.4 Å². The van der Waals surface area contributed by atoms with E-state index in [2.05, 4.69) is 15.5 Å². The molecule has 0 bridgehead atoms. The first-order valence-electron chi connectivity index (χ1n) is 8.00. The highest BCUT2D eigenvalue weighted by molar-refractivity contribution is 6.36. The van der Waals surface area contributed by atoms with E-state index in [-0.39, 0.29) is 29.0 Å². The third-order valence-electron chi connectivity index (χ3n) is 3.94. The van der Waals surface area contributed by atoms with Crippen LogP contribution in [0.5, 0.6) is 0 Å². The zero-order valence-electron chi connectivity index (χ0n) is 14.7. The van der Waals surface area contributed by atoms with Crippen molar-refractivity contribution in [3.8, 4) is 0 Å². The van der Waals surface area contributed by atoms with Crippen molar-refractivity contribution in [3.63, 3.8) is 0 Å². The van der Waals surface area contributed by atoms with E-state index in [1.165, 1.54) is 17.8 Å². The molecule has 0 atom stereocenters. The monoisotopic (exact) mass is 476 g/mol. The first kappa shape index (κ1) is 21.4. The minimum atomic E-state index is -0.720. The van der Waals surface area contributed by atoms with Crippen LogP contribution in [0.2, 0.25) is 20.1 Å². The number of benzene rings is 1. The number of nitrogens with one attached hydrogen (secondary N) is 1. The van der Waals surface area contributed by atoms with E-state index in [0.29, 0.717) is 21.3 Å². The Morgan fingerprint density at radius 3 is 2.41 bits per heavy atom. The van der Waals surface area contributed by atoms with E-state index in [1.807, 2.05) is 0 Å². The maximum atomic E-state index is 12.3. The van der Waals surface area contributed by atoms with Gasteiger partial charge in [-0.2, -0.15) is 9.78 Å². The average Bonchev–Trinajstić information content (AvgIpc) is 3.12. The van der Waals surface area contributed by atoms with Crippen molar-refractivity contribution in [2.45, 2.75) is 20.0 Å². The summed E-state index contributed by atoms with van der Waals surface area (Å²) in [6.45, 7) is 1.46. The summed E-state index contributed by atoms with van der Waals surface area (Å²) in [5, 5.41) is 22.4. The normalized spacial score (nSPS) is 10.9. The Kier molecular flexibility index (Phi) is 6.33. The van der Waals surface area contributed by atoms with E-state index in [1.54, 1.807) is 18.2 Å². The number of hydrogen-bond acceptors (Lipinski definition) is 5. The average molecular weight is 478 g/mol. The Balaban J connectivity index is 1.74. The van der Waals surface area contributed by atoms with Gasteiger partial charge in [-0.3, -0.25) is 9.48 Å². The highest BCUT2D eigenvalue weighted by Gasteiger charge is 2.25. The van der Waals surface area contributed by atoms with Crippen LogP contribution in [0.15, 0.2) is 24.4 Å². The van der Waals surface area contributed by atoms with Crippen LogP contribution in [0, 0.1) is 17.0 Å². The number of carbonyl (C=O) groups is 1. The van der Waals surface area contributed by atoms with Crippen molar-refractivity contribution in [3.05, 3.63) is 65.9 Å². The molecule has 1 amide bonds. The summed E-state index contributed by atoms with van der Waals surface area (Å²) in [6, 6.07) is 5.13. The fraction of sp³-hybridized carbons (Fsp3) is 0.188. The Labute approximate surface area is 184 Å². The summed E-state index contributed by atoms with van der Waals surface area (Å²) in [5.74, 6) is -0.939. The molecule has 0 radical (unpaired) electrons.